The number of aromatic carboxylic acids is 1. The van der Waals surface area contributed by atoms with Crippen LogP contribution in [-0.4, -0.2) is 21.2 Å². The third-order valence-corrected chi connectivity index (χ3v) is 5.64. The summed E-state index contributed by atoms with van der Waals surface area (Å²) in [5.41, 5.74) is 4.06. The molecule has 6 heteroatoms. The van der Waals surface area contributed by atoms with Crippen LogP contribution in [0, 0.1) is 5.92 Å². The lowest BCUT2D eigenvalue weighted by Gasteiger charge is -2.26. The molecule has 0 aliphatic rings. The molecule has 2 unspecified atom stereocenters. The molecule has 3 aromatic carbocycles. The first kappa shape index (κ1) is 21.3. The SMILES string of the molecule is CCC(C)C(Nc1ccc(C(=O)O)cc1)c1ccc(-c2noc(-c3ccccc3)n2)cc1. The van der Waals surface area contributed by atoms with Gasteiger partial charge in [0, 0.05) is 16.8 Å². The highest BCUT2D eigenvalue weighted by atomic mass is 16.5. The van der Waals surface area contributed by atoms with Gasteiger partial charge in [0.15, 0.2) is 0 Å². The van der Waals surface area contributed by atoms with E-state index in [9.17, 15) is 4.79 Å². The van der Waals surface area contributed by atoms with Crippen molar-refractivity contribution in [3.63, 3.8) is 0 Å². The number of carboxylic acids is 1. The average Bonchev–Trinajstić information content (AvgIpc) is 3.33. The van der Waals surface area contributed by atoms with Gasteiger partial charge in [0.1, 0.15) is 0 Å². The number of hydrogen-bond acceptors (Lipinski definition) is 5. The lowest BCUT2D eigenvalue weighted by Crippen LogP contribution is -2.18. The van der Waals surface area contributed by atoms with Gasteiger partial charge in [-0.3, -0.25) is 0 Å². The summed E-state index contributed by atoms with van der Waals surface area (Å²) in [6.45, 7) is 4.36. The molecular weight excluding hydrogens is 402 g/mol. The maximum atomic E-state index is 11.1. The molecular formula is C26H25N3O3. The van der Waals surface area contributed by atoms with Crippen LogP contribution in [0.4, 0.5) is 5.69 Å². The number of anilines is 1. The molecule has 2 N–H and O–H groups in total. The molecule has 6 nitrogen and oxygen atoms in total. The summed E-state index contributed by atoms with van der Waals surface area (Å²) in [6.07, 6.45) is 0.998. The molecule has 162 valence electrons. The van der Waals surface area contributed by atoms with Crippen LogP contribution in [-0.2, 0) is 0 Å². The summed E-state index contributed by atoms with van der Waals surface area (Å²) < 4.78 is 5.43. The van der Waals surface area contributed by atoms with Gasteiger partial charge in [0.05, 0.1) is 11.6 Å². The van der Waals surface area contributed by atoms with Gasteiger partial charge in [-0.05, 0) is 47.9 Å². The quantitative estimate of drug-likeness (QED) is 0.343. The van der Waals surface area contributed by atoms with Crippen molar-refractivity contribution in [1.82, 2.24) is 10.1 Å². The molecule has 0 amide bonds. The number of rotatable bonds is 8. The van der Waals surface area contributed by atoms with Gasteiger partial charge in [-0.25, -0.2) is 4.79 Å². The van der Waals surface area contributed by atoms with E-state index in [1.807, 2.05) is 42.5 Å². The lowest BCUT2D eigenvalue weighted by atomic mass is 9.91. The van der Waals surface area contributed by atoms with Crippen molar-refractivity contribution in [2.24, 2.45) is 5.92 Å². The summed E-state index contributed by atoms with van der Waals surface area (Å²) in [6, 6.07) is 24.7. The topological polar surface area (TPSA) is 88.2 Å². The number of carbonyl (C=O) groups is 1. The molecule has 0 bridgehead atoms. The predicted octanol–water partition coefficient (Wildman–Crippen LogP) is 6.30. The summed E-state index contributed by atoms with van der Waals surface area (Å²) in [7, 11) is 0. The number of aromatic nitrogens is 2. The van der Waals surface area contributed by atoms with E-state index in [4.69, 9.17) is 9.63 Å². The standard InChI is InChI=1S/C26H25N3O3/c1-3-17(2)23(27-22-15-13-21(14-16-22)26(30)31)18-9-11-19(12-10-18)24-28-25(32-29-24)20-7-5-4-6-8-20/h4-17,23,27H,3H2,1-2H3,(H,30,31). The fourth-order valence-corrected chi connectivity index (χ4v) is 3.56. The first-order chi connectivity index (χ1) is 15.5. The Bertz CT molecular complexity index is 1170. The molecule has 4 rings (SSSR count). The van der Waals surface area contributed by atoms with Crippen molar-refractivity contribution >= 4 is 11.7 Å². The highest BCUT2D eigenvalue weighted by Crippen LogP contribution is 2.30. The maximum Gasteiger partial charge on any atom is 0.335 e. The van der Waals surface area contributed by atoms with Crippen LogP contribution in [0.25, 0.3) is 22.8 Å². The number of nitrogens with one attached hydrogen (secondary N) is 1. The van der Waals surface area contributed by atoms with Gasteiger partial charge < -0.3 is 14.9 Å². The summed E-state index contributed by atoms with van der Waals surface area (Å²) in [4.78, 5) is 15.6. The van der Waals surface area contributed by atoms with Crippen molar-refractivity contribution < 1.29 is 14.4 Å². The first-order valence-electron chi connectivity index (χ1n) is 10.6. The Morgan fingerprint density at radius 1 is 0.969 bits per heavy atom. The molecule has 32 heavy (non-hydrogen) atoms. The highest BCUT2D eigenvalue weighted by Gasteiger charge is 2.19. The Labute approximate surface area is 186 Å². The minimum atomic E-state index is -0.928. The van der Waals surface area contributed by atoms with E-state index in [0.717, 1.165) is 28.8 Å². The van der Waals surface area contributed by atoms with Crippen LogP contribution in [0.2, 0.25) is 0 Å². The molecule has 4 aromatic rings. The Morgan fingerprint density at radius 2 is 1.66 bits per heavy atom. The highest BCUT2D eigenvalue weighted by molar-refractivity contribution is 5.88. The maximum absolute atomic E-state index is 11.1. The second kappa shape index (κ2) is 9.47. The normalized spacial score (nSPS) is 12.8. The first-order valence-corrected chi connectivity index (χ1v) is 10.6. The largest absolute Gasteiger partial charge is 0.478 e. The van der Waals surface area contributed by atoms with E-state index < -0.39 is 5.97 Å². The molecule has 2 atom stereocenters. The Balaban J connectivity index is 1.54. The van der Waals surface area contributed by atoms with Crippen molar-refractivity contribution in [1.29, 1.82) is 0 Å². The second-order valence-corrected chi connectivity index (χ2v) is 7.80. The van der Waals surface area contributed by atoms with Crippen LogP contribution in [0.5, 0.6) is 0 Å². The zero-order valence-corrected chi connectivity index (χ0v) is 18.0. The monoisotopic (exact) mass is 427 g/mol. The third kappa shape index (κ3) is 4.70. The lowest BCUT2D eigenvalue weighted by molar-refractivity contribution is 0.0697. The minimum absolute atomic E-state index is 0.0786. The van der Waals surface area contributed by atoms with Gasteiger partial charge in [0.25, 0.3) is 5.89 Å². The van der Waals surface area contributed by atoms with Crippen LogP contribution < -0.4 is 5.32 Å². The number of hydrogen-bond donors (Lipinski definition) is 2. The van der Waals surface area contributed by atoms with Crippen LogP contribution >= 0.6 is 0 Å². The van der Waals surface area contributed by atoms with Crippen LogP contribution in [0.3, 0.4) is 0 Å². The smallest absolute Gasteiger partial charge is 0.335 e. The van der Waals surface area contributed by atoms with Gasteiger partial charge in [-0.1, -0.05) is 67.9 Å². The number of nitrogens with zero attached hydrogens (tertiary/aromatic N) is 2. The van der Waals surface area contributed by atoms with E-state index in [1.54, 1.807) is 24.3 Å². The van der Waals surface area contributed by atoms with Crippen molar-refractivity contribution in [2.75, 3.05) is 5.32 Å². The van der Waals surface area contributed by atoms with Crippen molar-refractivity contribution in [2.45, 2.75) is 26.3 Å². The Kier molecular flexibility index (Phi) is 6.31. The van der Waals surface area contributed by atoms with E-state index in [1.165, 1.54) is 0 Å². The van der Waals surface area contributed by atoms with Crippen LogP contribution in [0.1, 0.15) is 42.2 Å². The minimum Gasteiger partial charge on any atom is -0.478 e. The molecule has 0 spiro atoms. The van der Waals surface area contributed by atoms with Gasteiger partial charge in [-0.15, -0.1) is 0 Å². The zero-order valence-electron chi connectivity index (χ0n) is 18.0. The molecule has 0 radical (unpaired) electrons. The van der Waals surface area contributed by atoms with Gasteiger partial charge >= 0.3 is 5.97 Å². The molecule has 0 fully saturated rings. The Hall–Kier alpha value is -3.93. The Morgan fingerprint density at radius 3 is 2.28 bits per heavy atom. The predicted molar refractivity (Wildman–Crippen MR) is 124 cm³/mol. The second-order valence-electron chi connectivity index (χ2n) is 7.80. The fraction of sp³-hybridized carbons (Fsp3) is 0.192. The summed E-state index contributed by atoms with van der Waals surface area (Å²) >= 11 is 0. The van der Waals surface area contributed by atoms with Crippen molar-refractivity contribution in [3.8, 4) is 22.8 Å². The number of benzene rings is 3. The average molecular weight is 428 g/mol. The molecule has 0 aliphatic heterocycles. The summed E-state index contributed by atoms with van der Waals surface area (Å²) in [5.74, 6) is 0.485. The van der Waals surface area contributed by atoms with Crippen molar-refractivity contribution in [3.05, 3.63) is 90.0 Å². The number of carboxylic acid groups (broad SMARTS) is 1. The molecule has 1 aromatic heterocycles. The van der Waals surface area contributed by atoms with E-state index >= 15 is 0 Å². The van der Waals surface area contributed by atoms with Gasteiger partial charge in [0.2, 0.25) is 5.82 Å². The summed E-state index contributed by atoms with van der Waals surface area (Å²) in [5, 5.41) is 16.8. The molecule has 0 saturated heterocycles. The van der Waals surface area contributed by atoms with Gasteiger partial charge in [-0.2, -0.15) is 4.98 Å². The van der Waals surface area contributed by atoms with E-state index in [-0.39, 0.29) is 11.6 Å². The van der Waals surface area contributed by atoms with E-state index in [0.29, 0.717) is 17.6 Å². The molecule has 0 aliphatic carbocycles. The third-order valence-electron chi connectivity index (χ3n) is 5.64. The molecule has 1 heterocycles. The van der Waals surface area contributed by atoms with Crippen LogP contribution in [0.15, 0.2) is 83.4 Å². The zero-order chi connectivity index (χ0) is 22.5. The van der Waals surface area contributed by atoms with E-state index in [2.05, 4.69) is 41.4 Å². The fourth-order valence-electron chi connectivity index (χ4n) is 3.56. The molecule has 0 saturated carbocycles.